The van der Waals surface area contributed by atoms with Gasteiger partial charge in [-0.25, -0.2) is 0 Å². The van der Waals surface area contributed by atoms with Gasteiger partial charge >= 0.3 is 0 Å². The highest BCUT2D eigenvalue weighted by atomic mass is 16.5. The van der Waals surface area contributed by atoms with Crippen LogP contribution >= 0.6 is 0 Å². The summed E-state index contributed by atoms with van der Waals surface area (Å²) in [4.78, 5) is 0. The van der Waals surface area contributed by atoms with Crippen LogP contribution in [0.4, 0.5) is 0 Å². The lowest BCUT2D eigenvalue weighted by atomic mass is 9.97. The highest BCUT2D eigenvalue weighted by Crippen LogP contribution is 2.30. The molecule has 1 saturated carbocycles. The Morgan fingerprint density at radius 1 is 1.32 bits per heavy atom. The minimum absolute atomic E-state index is 0.397. The van der Waals surface area contributed by atoms with E-state index in [0.717, 1.165) is 25.2 Å². The molecule has 0 bridgehead atoms. The topological polar surface area (TPSA) is 35.2 Å². The van der Waals surface area contributed by atoms with E-state index in [1.165, 1.54) is 24.8 Å². The molecule has 2 rings (SSSR count). The quantitative estimate of drug-likeness (QED) is 0.837. The molecule has 0 heterocycles. The van der Waals surface area contributed by atoms with E-state index in [9.17, 15) is 0 Å². The van der Waals surface area contributed by atoms with Gasteiger partial charge in [0, 0.05) is 6.04 Å². The Labute approximate surface area is 117 Å². The normalized spacial score (nSPS) is 24.4. The van der Waals surface area contributed by atoms with E-state index < -0.39 is 0 Å². The monoisotopic (exact) mass is 261 g/mol. The van der Waals surface area contributed by atoms with Gasteiger partial charge in [0.1, 0.15) is 5.75 Å². The molecule has 0 radical (unpaired) electrons. The summed E-state index contributed by atoms with van der Waals surface area (Å²) in [6.45, 7) is 5.28. The van der Waals surface area contributed by atoms with Crippen molar-refractivity contribution in [3.05, 3.63) is 29.8 Å². The Morgan fingerprint density at radius 3 is 2.79 bits per heavy atom. The van der Waals surface area contributed by atoms with Crippen molar-refractivity contribution < 1.29 is 4.74 Å². The maximum atomic E-state index is 6.10. The molecule has 0 amide bonds. The zero-order valence-corrected chi connectivity index (χ0v) is 12.3. The van der Waals surface area contributed by atoms with E-state index >= 15 is 0 Å². The van der Waals surface area contributed by atoms with Gasteiger partial charge in [0.05, 0.1) is 6.61 Å². The van der Waals surface area contributed by atoms with Gasteiger partial charge < -0.3 is 10.5 Å². The zero-order valence-electron chi connectivity index (χ0n) is 12.3. The second-order valence-corrected chi connectivity index (χ2v) is 5.84. The number of rotatable bonds is 6. The highest BCUT2D eigenvalue weighted by Gasteiger charge is 2.23. The van der Waals surface area contributed by atoms with E-state index in [0.29, 0.717) is 17.9 Å². The average Bonchev–Trinajstić information content (AvgIpc) is 2.84. The molecule has 2 N–H and O–H groups in total. The summed E-state index contributed by atoms with van der Waals surface area (Å²) in [5.41, 5.74) is 7.44. The highest BCUT2D eigenvalue weighted by molar-refractivity contribution is 5.35. The van der Waals surface area contributed by atoms with Crippen molar-refractivity contribution in [2.24, 2.45) is 11.7 Å². The molecule has 1 fully saturated rings. The molecule has 0 saturated heterocycles. The van der Waals surface area contributed by atoms with Crippen molar-refractivity contribution in [3.63, 3.8) is 0 Å². The van der Waals surface area contributed by atoms with Crippen LogP contribution in [0.5, 0.6) is 5.75 Å². The lowest BCUT2D eigenvalue weighted by Gasteiger charge is -2.18. The molecule has 3 unspecified atom stereocenters. The molecule has 0 aromatic heterocycles. The number of nitrogens with two attached hydrogens (primary N) is 1. The third-order valence-electron chi connectivity index (χ3n) is 4.53. The predicted molar refractivity (Wildman–Crippen MR) is 80.6 cm³/mol. The molecule has 3 atom stereocenters. The number of benzene rings is 1. The summed E-state index contributed by atoms with van der Waals surface area (Å²) >= 11 is 0. The molecule has 1 aromatic rings. The van der Waals surface area contributed by atoms with Gasteiger partial charge in [-0.1, -0.05) is 38.5 Å². The van der Waals surface area contributed by atoms with Gasteiger partial charge in [-0.2, -0.15) is 0 Å². The van der Waals surface area contributed by atoms with Crippen molar-refractivity contribution in [2.45, 2.75) is 57.9 Å². The first-order chi connectivity index (χ1) is 9.22. The minimum Gasteiger partial charge on any atom is -0.493 e. The molecule has 0 aliphatic heterocycles. The predicted octanol–water partition coefficient (Wildman–Crippen LogP) is 4.10. The van der Waals surface area contributed by atoms with E-state index in [1.807, 2.05) is 0 Å². The maximum absolute atomic E-state index is 6.10. The molecule has 1 aliphatic carbocycles. The summed E-state index contributed by atoms with van der Waals surface area (Å²) in [5.74, 6) is 2.28. The number of ether oxygens (including phenoxy) is 1. The lowest BCUT2D eigenvalue weighted by molar-refractivity contribution is 0.268. The number of hydrogen-bond acceptors (Lipinski definition) is 2. The third kappa shape index (κ3) is 3.73. The molecule has 2 heteroatoms. The van der Waals surface area contributed by atoms with Crippen LogP contribution < -0.4 is 10.5 Å². The smallest absolute Gasteiger partial charge is 0.122 e. The SMILES string of the molecule is CCC(C)c1ccccc1OCCC1CCCC1N. The first-order valence-corrected chi connectivity index (χ1v) is 7.69. The fourth-order valence-electron chi connectivity index (χ4n) is 2.98. The van der Waals surface area contributed by atoms with Crippen LogP contribution in [-0.4, -0.2) is 12.6 Å². The van der Waals surface area contributed by atoms with Crippen LogP contribution in [0.2, 0.25) is 0 Å². The number of hydrogen-bond donors (Lipinski definition) is 1. The Balaban J connectivity index is 1.88. The van der Waals surface area contributed by atoms with Crippen LogP contribution in [0.3, 0.4) is 0 Å². The van der Waals surface area contributed by atoms with Crippen LogP contribution in [-0.2, 0) is 0 Å². The van der Waals surface area contributed by atoms with Gasteiger partial charge in [0.25, 0.3) is 0 Å². The minimum atomic E-state index is 0.397. The van der Waals surface area contributed by atoms with Gasteiger partial charge in [-0.05, 0) is 49.1 Å². The van der Waals surface area contributed by atoms with Gasteiger partial charge in [-0.15, -0.1) is 0 Å². The Morgan fingerprint density at radius 2 is 2.11 bits per heavy atom. The van der Waals surface area contributed by atoms with Gasteiger partial charge in [0.15, 0.2) is 0 Å². The summed E-state index contributed by atoms with van der Waals surface area (Å²) in [6.07, 6.45) is 5.99. The Hall–Kier alpha value is -1.02. The Bertz CT molecular complexity index is 391. The summed E-state index contributed by atoms with van der Waals surface area (Å²) in [7, 11) is 0. The maximum Gasteiger partial charge on any atom is 0.122 e. The van der Waals surface area contributed by atoms with Crippen LogP contribution in [0.15, 0.2) is 24.3 Å². The summed E-state index contributed by atoms with van der Waals surface area (Å²) in [5, 5.41) is 0. The van der Waals surface area contributed by atoms with Crippen molar-refractivity contribution in [3.8, 4) is 5.75 Å². The fraction of sp³-hybridized carbons (Fsp3) is 0.647. The molecular formula is C17H27NO. The van der Waals surface area contributed by atoms with Crippen LogP contribution in [0.1, 0.15) is 57.4 Å². The second-order valence-electron chi connectivity index (χ2n) is 5.84. The fourth-order valence-corrected chi connectivity index (χ4v) is 2.98. The van der Waals surface area contributed by atoms with Crippen molar-refractivity contribution in [1.29, 1.82) is 0 Å². The third-order valence-corrected chi connectivity index (χ3v) is 4.53. The second kappa shape index (κ2) is 6.95. The van der Waals surface area contributed by atoms with E-state index in [-0.39, 0.29) is 0 Å². The largest absolute Gasteiger partial charge is 0.493 e. The van der Waals surface area contributed by atoms with Crippen LogP contribution in [0.25, 0.3) is 0 Å². The Kier molecular flexibility index (Phi) is 5.26. The molecule has 19 heavy (non-hydrogen) atoms. The first kappa shape index (κ1) is 14.4. The van der Waals surface area contributed by atoms with Gasteiger partial charge in [-0.3, -0.25) is 0 Å². The molecule has 2 nitrogen and oxygen atoms in total. The average molecular weight is 261 g/mol. The van der Waals surface area contributed by atoms with E-state index in [1.54, 1.807) is 0 Å². The van der Waals surface area contributed by atoms with Crippen molar-refractivity contribution >= 4 is 0 Å². The standard InChI is InChI=1S/C17H27NO/c1-3-13(2)15-8-4-5-10-17(15)19-12-11-14-7-6-9-16(14)18/h4-5,8,10,13-14,16H,3,6-7,9,11-12,18H2,1-2H3. The van der Waals surface area contributed by atoms with Crippen molar-refractivity contribution in [1.82, 2.24) is 0 Å². The van der Waals surface area contributed by atoms with E-state index in [2.05, 4.69) is 38.1 Å². The summed E-state index contributed by atoms with van der Waals surface area (Å²) < 4.78 is 6.01. The lowest BCUT2D eigenvalue weighted by Crippen LogP contribution is -2.25. The first-order valence-electron chi connectivity index (χ1n) is 7.69. The molecular weight excluding hydrogens is 234 g/mol. The number of para-hydroxylation sites is 1. The molecule has 1 aliphatic rings. The molecule has 106 valence electrons. The zero-order chi connectivity index (χ0) is 13.7. The van der Waals surface area contributed by atoms with Gasteiger partial charge in [0.2, 0.25) is 0 Å². The van der Waals surface area contributed by atoms with Crippen molar-refractivity contribution in [2.75, 3.05) is 6.61 Å². The van der Waals surface area contributed by atoms with Crippen LogP contribution in [0, 0.1) is 5.92 Å². The molecule has 0 spiro atoms. The van der Waals surface area contributed by atoms with E-state index in [4.69, 9.17) is 10.5 Å². The summed E-state index contributed by atoms with van der Waals surface area (Å²) in [6, 6.07) is 8.83. The molecule has 1 aromatic carbocycles.